The molecule has 1 fully saturated rings. The highest BCUT2D eigenvalue weighted by atomic mass is 32.2. The van der Waals surface area contributed by atoms with Crippen molar-refractivity contribution in [2.45, 2.75) is 18.9 Å². The molecule has 24 heavy (non-hydrogen) atoms. The third-order valence-electron chi connectivity index (χ3n) is 3.68. The van der Waals surface area contributed by atoms with Crippen LogP contribution in [-0.2, 0) is 14.8 Å². The maximum atomic E-state index is 12.9. The third kappa shape index (κ3) is 3.44. The minimum absolute atomic E-state index is 0.122. The summed E-state index contributed by atoms with van der Waals surface area (Å²) in [6.45, 7) is 0.307. The van der Waals surface area contributed by atoms with Crippen LogP contribution in [0.5, 0.6) is 0 Å². The van der Waals surface area contributed by atoms with E-state index in [9.17, 15) is 17.6 Å². The summed E-state index contributed by atoms with van der Waals surface area (Å²) >= 11 is 0. The number of amides is 1. The molecule has 0 spiro atoms. The van der Waals surface area contributed by atoms with Crippen LogP contribution in [0.2, 0.25) is 0 Å². The van der Waals surface area contributed by atoms with E-state index in [1.54, 1.807) is 0 Å². The summed E-state index contributed by atoms with van der Waals surface area (Å²) in [6, 6.07) is 4.51. The van der Waals surface area contributed by atoms with Gasteiger partial charge in [0.1, 0.15) is 11.9 Å². The number of halogens is 1. The van der Waals surface area contributed by atoms with Gasteiger partial charge in [-0.25, -0.2) is 12.8 Å². The number of carbonyl (C=O) groups excluding carboxylic acids is 1. The topological polar surface area (TPSA) is 105 Å². The molecule has 1 N–H and O–H groups in total. The van der Waals surface area contributed by atoms with Gasteiger partial charge in [0.05, 0.1) is 6.26 Å². The molecule has 0 bridgehead atoms. The van der Waals surface area contributed by atoms with E-state index in [0.717, 1.165) is 10.6 Å². The number of aromatic nitrogens is 2. The Morgan fingerprint density at radius 1 is 1.33 bits per heavy atom. The van der Waals surface area contributed by atoms with Gasteiger partial charge in [0, 0.05) is 12.1 Å². The van der Waals surface area contributed by atoms with Crippen LogP contribution in [0.1, 0.15) is 12.8 Å². The molecule has 1 saturated heterocycles. The molecule has 128 valence electrons. The molecule has 1 aliphatic heterocycles. The minimum atomic E-state index is -3.46. The fourth-order valence-electron chi connectivity index (χ4n) is 2.57. The number of nitrogens with zero attached hydrogens (tertiary/aromatic N) is 3. The average molecular weight is 354 g/mol. The molecule has 0 saturated carbocycles. The molecule has 2 heterocycles. The van der Waals surface area contributed by atoms with E-state index >= 15 is 0 Å². The Kier molecular flexibility index (Phi) is 4.33. The van der Waals surface area contributed by atoms with Gasteiger partial charge in [-0.1, -0.05) is 5.10 Å². The predicted molar refractivity (Wildman–Crippen MR) is 82.9 cm³/mol. The lowest BCUT2D eigenvalue weighted by molar-refractivity contribution is -0.119. The molecule has 0 radical (unpaired) electrons. The maximum Gasteiger partial charge on any atom is 0.322 e. The van der Waals surface area contributed by atoms with E-state index in [4.69, 9.17) is 4.42 Å². The second-order valence-corrected chi connectivity index (χ2v) is 7.38. The normalized spacial score (nSPS) is 18.7. The van der Waals surface area contributed by atoms with Crippen LogP contribution in [0.4, 0.5) is 10.4 Å². The van der Waals surface area contributed by atoms with Crippen LogP contribution in [0.3, 0.4) is 0 Å². The predicted octanol–water partition coefficient (Wildman–Crippen LogP) is 1.24. The number of hydrogen-bond donors (Lipinski definition) is 1. The largest absolute Gasteiger partial charge is 0.403 e. The van der Waals surface area contributed by atoms with Crippen molar-refractivity contribution in [1.29, 1.82) is 0 Å². The fraction of sp³-hybridized carbons (Fsp3) is 0.357. The van der Waals surface area contributed by atoms with Crippen molar-refractivity contribution in [3.8, 4) is 11.5 Å². The zero-order valence-corrected chi connectivity index (χ0v) is 13.6. The molecule has 1 aromatic carbocycles. The number of carbonyl (C=O) groups is 1. The Morgan fingerprint density at radius 3 is 2.71 bits per heavy atom. The minimum Gasteiger partial charge on any atom is -0.403 e. The first-order chi connectivity index (χ1) is 11.3. The van der Waals surface area contributed by atoms with Crippen molar-refractivity contribution in [3.05, 3.63) is 30.1 Å². The van der Waals surface area contributed by atoms with Crippen LogP contribution in [0.15, 0.2) is 28.7 Å². The molecule has 3 rings (SSSR count). The summed E-state index contributed by atoms with van der Waals surface area (Å²) in [5, 5.41) is 9.91. The molecule has 1 aromatic heterocycles. The molecular weight excluding hydrogens is 339 g/mol. The van der Waals surface area contributed by atoms with E-state index in [-0.39, 0.29) is 11.9 Å². The van der Waals surface area contributed by atoms with Gasteiger partial charge < -0.3 is 4.42 Å². The van der Waals surface area contributed by atoms with E-state index < -0.39 is 27.8 Å². The summed E-state index contributed by atoms with van der Waals surface area (Å²) in [4.78, 5) is 12.3. The number of rotatable bonds is 4. The monoisotopic (exact) mass is 354 g/mol. The second-order valence-electron chi connectivity index (χ2n) is 5.44. The van der Waals surface area contributed by atoms with Gasteiger partial charge in [-0.3, -0.25) is 10.1 Å². The lowest BCUT2D eigenvalue weighted by atomic mass is 10.2. The van der Waals surface area contributed by atoms with Gasteiger partial charge in [0.15, 0.2) is 0 Å². The molecule has 0 unspecified atom stereocenters. The fourth-order valence-corrected chi connectivity index (χ4v) is 3.69. The Balaban J connectivity index is 1.72. The lowest BCUT2D eigenvalue weighted by Gasteiger charge is -2.20. The number of sulfonamides is 1. The second kappa shape index (κ2) is 6.29. The average Bonchev–Trinajstić information content (AvgIpc) is 3.16. The highest BCUT2D eigenvalue weighted by Gasteiger charge is 2.36. The van der Waals surface area contributed by atoms with E-state index in [0.29, 0.717) is 24.9 Å². The first-order valence-corrected chi connectivity index (χ1v) is 9.06. The SMILES string of the molecule is CS(=O)(=O)N1CCC[C@@H]1C(=O)Nc1nnc(-c2ccc(F)cc2)o1. The van der Waals surface area contributed by atoms with E-state index in [1.165, 1.54) is 24.3 Å². The van der Waals surface area contributed by atoms with E-state index in [2.05, 4.69) is 15.5 Å². The summed E-state index contributed by atoms with van der Waals surface area (Å²) < 4.78 is 42.7. The van der Waals surface area contributed by atoms with Gasteiger partial charge in [-0.05, 0) is 37.1 Å². The molecule has 0 aliphatic carbocycles. The van der Waals surface area contributed by atoms with Gasteiger partial charge in [0.2, 0.25) is 21.8 Å². The van der Waals surface area contributed by atoms with Gasteiger partial charge in [0.25, 0.3) is 0 Å². The quantitative estimate of drug-likeness (QED) is 0.885. The van der Waals surface area contributed by atoms with Crippen molar-refractivity contribution in [2.24, 2.45) is 0 Å². The Labute approximate surface area is 137 Å². The third-order valence-corrected chi connectivity index (χ3v) is 4.97. The Bertz CT molecular complexity index is 850. The summed E-state index contributed by atoms with van der Waals surface area (Å²) in [5.41, 5.74) is 0.503. The van der Waals surface area contributed by atoms with Crippen molar-refractivity contribution < 1.29 is 22.0 Å². The number of hydrogen-bond acceptors (Lipinski definition) is 6. The Hall–Kier alpha value is -2.33. The molecule has 10 heteroatoms. The number of benzene rings is 1. The zero-order chi connectivity index (χ0) is 17.3. The Morgan fingerprint density at radius 2 is 2.04 bits per heavy atom. The first-order valence-electron chi connectivity index (χ1n) is 7.22. The van der Waals surface area contributed by atoms with E-state index in [1.807, 2.05) is 0 Å². The molecule has 1 aliphatic rings. The summed E-state index contributed by atoms with van der Waals surface area (Å²) in [6.07, 6.45) is 2.10. The van der Waals surface area contributed by atoms with Crippen LogP contribution in [-0.4, -0.2) is 47.7 Å². The van der Waals surface area contributed by atoms with Crippen LogP contribution in [0, 0.1) is 5.82 Å². The van der Waals surface area contributed by atoms with Crippen LogP contribution >= 0.6 is 0 Å². The molecule has 2 aromatic rings. The lowest BCUT2D eigenvalue weighted by Crippen LogP contribution is -2.42. The summed E-state index contributed by atoms with van der Waals surface area (Å²) in [7, 11) is -3.46. The highest BCUT2D eigenvalue weighted by Crippen LogP contribution is 2.23. The van der Waals surface area contributed by atoms with Crippen molar-refractivity contribution in [2.75, 3.05) is 18.1 Å². The number of nitrogens with one attached hydrogen (secondary N) is 1. The van der Waals surface area contributed by atoms with Gasteiger partial charge in [-0.2, -0.15) is 4.31 Å². The molecule has 1 atom stereocenters. The smallest absolute Gasteiger partial charge is 0.322 e. The van der Waals surface area contributed by atoms with Gasteiger partial charge in [-0.15, -0.1) is 5.10 Å². The van der Waals surface area contributed by atoms with Gasteiger partial charge >= 0.3 is 6.01 Å². The van der Waals surface area contributed by atoms with Crippen molar-refractivity contribution >= 4 is 21.9 Å². The first kappa shape index (κ1) is 16.5. The van der Waals surface area contributed by atoms with Crippen molar-refractivity contribution in [1.82, 2.24) is 14.5 Å². The number of anilines is 1. The zero-order valence-electron chi connectivity index (χ0n) is 12.8. The summed E-state index contributed by atoms with van der Waals surface area (Å²) in [5.74, 6) is -0.794. The molecule has 1 amide bonds. The van der Waals surface area contributed by atoms with Crippen molar-refractivity contribution in [3.63, 3.8) is 0 Å². The standard InChI is InChI=1S/C14H15FN4O4S/c1-24(21,22)19-8-2-3-11(19)12(20)16-14-18-17-13(23-14)9-4-6-10(15)7-5-9/h4-7,11H,2-3,8H2,1H3,(H,16,18,20)/t11-/m1/s1. The molecule has 8 nitrogen and oxygen atoms in total. The van der Waals surface area contributed by atoms with Crippen LogP contribution < -0.4 is 5.32 Å². The molecular formula is C14H15FN4O4S. The van der Waals surface area contributed by atoms with Crippen LogP contribution in [0.25, 0.3) is 11.5 Å². The highest BCUT2D eigenvalue weighted by molar-refractivity contribution is 7.88. The maximum absolute atomic E-state index is 12.9.